The molecule has 1 aliphatic heterocycles. The van der Waals surface area contributed by atoms with Gasteiger partial charge in [-0.15, -0.1) is 0 Å². The number of fused-ring (bicyclic) bond motifs is 3. The summed E-state index contributed by atoms with van der Waals surface area (Å²) in [5.74, 6) is 3.83. The smallest absolute Gasteiger partial charge is 0.164 e. The van der Waals surface area contributed by atoms with Crippen LogP contribution in [0.3, 0.4) is 0 Å². The molecule has 2 aliphatic rings. The number of benzene rings is 2. The van der Waals surface area contributed by atoms with Crippen molar-refractivity contribution in [3.63, 3.8) is 0 Å². The van der Waals surface area contributed by atoms with E-state index in [1.807, 2.05) is 23.1 Å². The van der Waals surface area contributed by atoms with Crippen LogP contribution >= 0.6 is 0 Å². The van der Waals surface area contributed by atoms with E-state index >= 15 is 0 Å². The lowest BCUT2D eigenvalue weighted by molar-refractivity contribution is 0.0526. The fourth-order valence-electron chi connectivity index (χ4n) is 7.08. The molecule has 1 aliphatic carbocycles. The van der Waals surface area contributed by atoms with Gasteiger partial charge in [0.1, 0.15) is 11.3 Å². The zero-order valence-electron chi connectivity index (χ0n) is 25.2. The van der Waals surface area contributed by atoms with Gasteiger partial charge in [-0.25, -0.2) is 19.6 Å². The van der Waals surface area contributed by atoms with Gasteiger partial charge < -0.3 is 9.30 Å². The highest BCUT2D eigenvalue weighted by Crippen LogP contribution is 2.37. The Morgan fingerprint density at radius 1 is 0.977 bits per heavy atom. The zero-order chi connectivity index (χ0) is 29.2. The standard InChI is InChI=1S/C35H41N7O/c1-24(2)30-9-3-4-10-31(30)33-37-20-32-35(40-33)41(21-25-11-13-29(14-12-25)42-16-6-15-38-42)34(39-32)28-18-26-7-5-8-27(17-26)22-43-23-36-19-28/h3-4,6,9-16,20,24,26-28,36H,5,7-8,17-19,21-23H2,1-2H3. The van der Waals surface area contributed by atoms with Crippen molar-refractivity contribution in [2.45, 2.75) is 64.3 Å². The van der Waals surface area contributed by atoms with Gasteiger partial charge >= 0.3 is 0 Å². The maximum atomic E-state index is 6.03. The lowest BCUT2D eigenvalue weighted by Crippen LogP contribution is -2.32. The number of rotatable bonds is 6. The second kappa shape index (κ2) is 12.4. The number of hydrogen-bond acceptors (Lipinski definition) is 6. The van der Waals surface area contributed by atoms with Crippen molar-refractivity contribution in [3.05, 3.63) is 90.1 Å². The third-order valence-corrected chi connectivity index (χ3v) is 9.21. The molecular formula is C35H41N7O. The van der Waals surface area contributed by atoms with Gasteiger partial charge in [0.2, 0.25) is 0 Å². The van der Waals surface area contributed by atoms with Crippen molar-refractivity contribution in [3.8, 4) is 17.1 Å². The minimum absolute atomic E-state index is 0.259. The molecule has 0 radical (unpaired) electrons. The molecule has 7 rings (SSSR count). The molecular weight excluding hydrogens is 534 g/mol. The van der Waals surface area contributed by atoms with E-state index in [9.17, 15) is 0 Å². The molecule has 8 nitrogen and oxygen atoms in total. The number of imidazole rings is 1. The molecule has 0 spiro atoms. The molecule has 2 fully saturated rings. The first-order valence-corrected chi connectivity index (χ1v) is 15.8. The normalized spacial score (nSPS) is 21.3. The molecule has 0 amide bonds. The van der Waals surface area contributed by atoms with Crippen molar-refractivity contribution in [1.82, 2.24) is 34.6 Å². The zero-order valence-corrected chi connectivity index (χ0v) is 25.2. The summed E-state index contributed by atoms with van der Waals surface area (Å²) in [7, 11) is 0. The van der Waals surface area contributed by atoms with Crippen LogP contribution < -0.4 is 5.32 Å². The lowest BCUT2D eigenvalue weighted by Gasteiger charge is -2.33. The Morgan fingerprint density at radius 3 is 2.67 bits per heavy atom. The highest BCUT2D eigenvalue weighted by molar-refractivity contribution is 5.74. The summed E-state index contributed by atoms with van der Waals surface area (Å²) in [5, 5.41) is 7.98. The summed E-state index contributed by atoms with van der Waals surface area (Å²) in [5.41, 5.74) is 6.33. The number of hydrogen-bond donors (Lipinski definition) is 1. The van der Waals surface area contributed by atoms with E-state index in [-0.39, 0.29) is 5.92 Å². The number of nitrogens with zero attached hydrogens (tertiary/aromatic N) is 6. The van der Waals surface area contributed by atoms with Gasteiger partial charge in [0.15, 0.2) is 11.5 Å². The first-order chi connectivity index (χ1) is 21.1. The van der Waals surface area contributed by atoms with Gasteiger partial charge in [-0.1, -0.05) is 63.1 Å². The quantitative estimate of drug-likeness (QED) is 0.242. The van der Waals surface area contributed by atoms with Crippen LogP contribution in [0.2, 0.25) is 0 Å². The maximum Gasteiger partial charge on any atom is 0.164 e. The Kier molecular flexibility index (Phi) is 8.04. The van der Waals surface area contributed by atoms with Crippen LogP contribution in [0.25, 0.3) is 28.2 Å². The fourth-order valence-corrected chi connectivity index (χ4v) is 7.08. The molecule has 8 heteroatoms. The summed E-state index contributed by atoms with van der Waals surface area (Å²) in [6.45, 7) is 7.42. The Morgan fingerprint density at radius 2 is 1.84 bits per heavy atom. The average molecular weight is 576 g/mol. The summed E-state index contributed by atoms with van der Waals surface area (Å²) in [4.78, 5) is 15.3. The van der Waals surface area contributed by atoms with Crippen molar-refractivity contribution in [2.75, 3.05) is 19.9 Å². The highest BCUT2D eigenvalue weighted by Gasteiger charge is 2.29. The molecule has 5 aromatic rings. The predicted molar refractivity (Wildman–Crippen MR) is 169 cm³/mol. The van der Waals surface area contributed by atoms with E-state index in [0.717, 1.165) is 53.6 Å². The molecule has 2 aromatic carbocycles. The molecule has 1 saturated heterocycles. The van der Waals surface area contributed by atoms with Crippen LogP contribution in [0, 0.1) is 11.8 Å². The monoisotopic (exact) mass is 575 g/mol. The van der Waals surface area contributed by atoms with Crippen molar-refractivity contribution >= 4 is 11.2 Å². The minimum atomic E-state index is 0.259. The van der Waals surface area contributed by atoms with Crippen LogP contribution in [0.4, 0.5) is 0 Å². The first kappa shape index (κ1) is 27.9. The predicted octanol–water partition coefficient (Wildman–Crippen LogP) is 6.71. The Hall–Kier alpha value is -3.88. The topological polar surface area (TPSA) is 82.7 Å². The summed E-state index contributed by atoms with van der Waals surface area (Å²) < 4.78 is 10.3. The van der Waals surface area contributed by atoms with Crippen molar-refractivity contribution in [2.24, 2.45) is 11.8 Å². The van der Waals surface area contributed by atoms with Crippen LogP contribution in [0.15, 0.2) is 73.2 Å². The van der Waals surface area contributed by atoms with Crippen molar-refractivity contribution in [1.29, 1.82) is 0 Å². The first-order valence-electron chi connectivity index (χ1n) is 15.8. The molecule has 3 aromatic heterocycles. The van der Waals surface area contributed by atoms with E-state index in [2.05, 4.69) is 77.4 Å². The van der Waals surface area contributed by atoms with E-state index in [1.165, 1.54) is 36.8 Å². The average Bonchev–Trinajstić information content (AvgIpc) is 3.69. The number of aromatic nitrogens is 6. The third kappa shape index (κ3) is 5.99. The van der Waals surface area contributed by atoms with Gasteiger partial charge in [0.25, 0.3) is 0 Å². The summed E-state index contributed by atoms with van der Waals surface area (Å²) >= 11 is 0. The molecule has 3 atom stereocenters. The minimum Gasteiger partial charge on any atom is -0.366 e. The number of nitrogens with one attached hydrogen (secondary N) is 1. The largest absolute Gasteiger partial charge is 0.366 e. The van der Waals surface area contributed by atoms with Gasteiger partial charge in [-0.2, -0.15) is 5.10 Å². The Labute approximate surface area is 253 Å². The molecule has 2 bridgehead atoms. The van der Waals surface area contributed by atoms with Crippen LogP contribution in [-0.2, 0) is 11.3 Å². The molecule has 1 saturated carbocycles. The second-order valence-corrected chi connectivity index (χ2v) is 12.6. The van der Waals surface area contributed by atoms with E-state index in [0.29, 0.717) is 31.0 Å². The Bertz CT molecular complexity index is 1660. The van der Waals surface area contributed by atoms with Gasteiger partial charge in [-0.05, 0) is 66.3 Å². The molecule has 1 N–H and O–H groups in total. The molecule has 43 heavy (non-hydrogen) atoms. The van der Waals surface area contributed by atoms with Crippen molar-refractivity contribution < 1.29 is 4.74 Å². The summed E-state index contributed by atoms with van der Waals surface area (Å²) in [6.07, 6.45) is 11.9. The molecule has 4 heterocycles. The fraction of sp³-hybridized carbons (Fsp3) is 0.429. The lowest BCUT2D eigenvalue weighted by atomic mass is 9.77. The summed E-state index contributed by atoms with van der Waals surface area (Å²) in [6, 6.07) is 19.1. The van der Waals surface area contributed by atoms with Gasteiger partial charge in [-0.3, -0.25) is 5.32 Å². The van der Waals surface area contributed by atoms with E-state index < -0.39 is 0 Å². The Balaban J connectivity index is 1.30. The molecule has 222 valence electrons. The SMILES string of the molecule is CC(C)c1ccccc1-c1ncc2nc(C3CNCOCC4CCCC(C4)C3)n(Cc3ccc(-n4cccn4)cc3)c2n1. The third-order valence-electron chi connectivity index (χ3n) is 9.21. The van der Waals surface area contributed by atoms with Gasteiger partial charge in [0, 0.05) is 30.4 Å². The van der Waals surface area contributed by atoms with Gasteiger partial charge in [0.05, 0.1) is 31.8 Å². The van der Waals surface area contributed by atoms with E-state index in [1.54, 1.807) is 6.20 Å². The second-order valence-electron chi connectivity index (χ2n) is 12.6. The highest BCUT2D eigenvalue weighted by atomic mass is 16.5. The van der Waals surface area contributed by atoms with Crippen LogP contribution in [0.1, 0.15) is 74.7 Å². The van der Waals surface area contributed by atoms with Crippen LogP contribution in [-0.4, -0.2) is 49.2 Å². The van der Waals surface area contributed by atoms with Crippen LogP contribution in [0.5, 0.6) is 0 Å². The number of ether oxygens (including phenoxy) is 1. The van der Waals surface area contributed by atoms with E-state index in [4.69, 9.17) is 19.7 Å². The maximum absolute atomic E-state index is 6.03. The molecule has 3 unspecified atom stereocenters.